The first kappa shape index (κ1) is 21.1. The topological polar surface area (TPSA) is 91.3 Å². The third kappa shape index (κ3) is 4.86. The number of carbonyl (C=O) groups excluding carboxylic acids is 2. The number of cyclic esters (lactones) is 1. The molecule has 0 bridgehead atoms. The van der Waals surface area contributed by atoms with Gasteiger partial charge >= 0.3 is 5.97 Å². The molecule has 1 aromatic rings. The molecule has 156 valence electrons. The van der Waals surface area contributed by atoms with E-state index < -0.39 is 30.1 Å². The highest BCUT2D eigenvalue weighted by molar-refractivity contribution is 5.97. The summed E-state index contributed by atoms with van der Waals surface area (Å²) < 4.78 is 22.3. The summed E-state index contributed by atoms with van der Waals surface area (Å²) in [5.74, 6) is -1.52. The van der Waals surface area contributed by atoms with E-state index in [4.69, 9.17) is 18.9 Å². The van der Waals surface area contributed by atoms with Crippen LogP contribution in [0, 0.1) is 0 Å². The third-order valence-corrected chi connectivity index (χ3v) is 4.75. The molecule has 3 unspecified atom stereocenters. The summed E-state index contributed by atoms with van der Waals surface area (Å²) in [6.07, 6.45) is 5.62. The predicted molar refractivity (Wildman–Crippen MR) is 106 cm³/mol. The number of carbonyl (C=O) groups is 2. The Morgan fingerprint density at radius 3 is 2.55 bits per heavy atom. The first-order chi connectivity index (χ1) is 13.7. The molecule has 1 aromatic carbocycles. The second-order valence-corrected chi connectivity index (χ2v) is 7.60. The first-order valence-corrected chi connectivity index (χ1v) is 9.54. The molecule has 0 spiro atoms. The Morgan fingerprint density at radius 2 is 1.83 bits per heavy atom. The molecule has 2 heterocycles. The number of phenols is 1. The molecule has 0 aromatic heterocycles. The maximum Gasteiger partial charge on any atom is 0.342 e. The Kier molecular flexibility index (Phi) is 6.10. The number of ketones is 1. The summed E-state index contributed by atoms with van der Waals surface area (Å²) >= 11 is 0. The fraction of sp³-hybridized carbons (Fsp3) is 0.455. The molecule has 3 rings (SSSR count). The third-order valence-electron chi connectivity index (χ3n) is 4.75. The van der Waals surface area contributed by atoms with E-state index in [0.29, 0.717) is 24.2 Å². The first-order valence-electron chi connectivity index (χ1n) is 9.54. The number of ether oxygens (including phenoxy) is 4. The highest BCUT2D eigenvalue weighted by Crippen LogP contribution is 2.33. The lowest BCUT2D eigenvalue weighted by atomic mass is 10.0. The van der Waals surface area contributed by atoms with Gasteiger partial charge in [0.2, 0.25) is 0 Å². The molecular weight excluding hydrogens is 376 g/mol. The zero-order chi connectivity index (χ0) is 21.2. The van der Waals surface area contributed by atoms with Crippen molar-refractivity contribution in [2.45, 2.75) is 57.7 Å². The summed E-state index contributed by atoms with van der Waals surface area (Å²) in [4.78, 5) is 25.2. The molecule has 29 heavy (non-hydrogen) atoms. The largest absolute Gasteiger partial charge is 0.507 e. The number of phenolic OH excluding ortho intramolecular Hbond substituents is 1. The minimum Gasteiger partial charge on any atom is -0.507 e. The fourth-order valence-corrected chi connectivity index (χ4v) is 3.43. The molecule has 1 fully saturated rings. The zero-order valence-corrected chi connectivity index (χ0v) is 17.0. The smallest absolute Gasteiger partial charge is 0.342 e. The van der Waals surface area contributed by atoms with Crippen molar-refractivity contribution in [3.63, 3.8) is 0 Å². The molecule has 2 aliphatic heterocycles. The molecule has 1 saturated heterocycles. The van der Waals surface area contributed by atoms with Crippen LogP contribution in [0.2, 0.25) is 0 Å². The van der Waals surface area contributed by atoms with Crippen LogP contribution in [0.5, 0.6) is 11.5 Å². The summed E-state index contributed by atoms with van der Waals surface area (Å²) in [6.45, 7) is 5.25. The van der Waals surface area contributed by atoms with Gasteiger partial charge in [0.15, 0.2) is 11.6 Å². The van der Waals surface area contributed by atoms with Crippen molar-refractivity contribution in [1.82, 2.24) is 0 Å². The van der Waals surface area contributed by atoms with Gasteiger partial charge in [0.25, 0.3) is 0 Å². The van der Waals surface area contributed by atoms with Gasteiger partial charge in [-0.2, -0.15) is 0 Å². The quantitative estimate of drug-likeness (QED) is 0.720. The van der Waals surface area contributed by atoms with Crippen molar-refractivity contribution in [3.05, 3.63) is 41.5 Å². The summed E-state index contributed by atoms with van der Waals surface area (Å²) in [6, 6.07) is 3.01. The van der Waals surface area contributed by atoms with E-state index in [1.54, 1.807) is 45.1 Å². The van der Waals surface area contributed by atoms with Gasteiger partial charge in [-0.3, -0.25) is 4.79 Å². The normalized spacial score (nSPS) is 29.2. The van der Waals surface area contributed by atoms with E-state index in [9.17, 15) is 14.7 Å². The van der Waals surface area contributed by atoms with Gasteiger partial charge in [-0.1, -0.05) is 18.2 Å². The zero-order valence-electron chi connectivity index (χ0n) is 17.0. The van der Waals surface area contributed by atoms with E-state index in [0.717, 1.165) is 0 Å². The lowest BCUT2D eigenvalue weighted by molar-refractivity contribution is -0.152. The lowest BCUT2D eigenvalue weighted by Crippen LogP contribution is -2.30. The van der Waals surface area contributed by atoms with Crippen molar-refractivity contribution in [2.75, 3.05) is 7.11 Å². The molecule has 7 heteroatoms. The SMILES string of the molecule is COc1cc(O)c2c(c1)/C=C/CC1OC(C)(C)OC1C(=O)/C=C\CC(C)OC2=O. The second-order valence-electron chi connectivity index (χ2n) is 7.60. The average Bonchev–Trinajstić information content (AvgIpc) is 2.95. The summed E-state index contributed by atoms with van der Waals surface area (Å²) in [5.41, 5.74) is 0.513. The molecule has 1 N–H and O–H groups in total. The van der Waals surface area contributed by atoms with E-state index in [1.807, 2.05) is 0 Å². The van der Waals surface area contributed by atoms with Crippen molar-refractivity contribution in [1.29, 1.82) is 0 Å². The second kappa shape index (κ2) is 8.39. The van der Waals surface area contributed by atoms with Gasteiger partial charge in [0, 0.05) is 12.5 Å². The van der Waals surface area contributed by atoms with Crippen LogP contribution in [0.15, 0.2) is 30.4 Å². The van der Waals surface area contributed by atoms with Crippen molar-refractivity contribution in [2.24, 2.45) is 0 Å². The van der Waals surface area contributed by atoms with Crippen LogP contribution in [-0.4, -0.2) is 48.1 Å². The lowest BCUT2D eigenvalue weighted by Gasteiger charge is -2.16. The number of fused-ring (bicyclic) bond motifs is 2. The minimum absolute atomic E-state index is 0.0616. The van der Waals surface area contributed by atoms with Gasteiger partial charge in [0.1, 0.15) is 29.3 Å². The summed E-state index contributed by atoms with van der Waals surface area (Å²) in [7, 11) is 1.47. The van der Waals surface area contributed by atoms with Gasteiger partial charge in [-0.05, 0) is 44.9 Å². The fourth-order valence-electron chi connectivity index (χ4n) is 3.43. The van der Waals surface area contributed by atoms with Crippen LogP contribution in [0.25, 0.3) is 6.08 Å². The highest BCUT2D eigenvalue weighted by Gasteiger charge is 2.43. The Balaban J connectivity index is 2.00. The van der Waals surface area contributed by atoms with Gasteiger partial charge in [-0.25, -0.2) is 4.79 Å². The summed E-state index contributed by atoms with van der Waals surface area (Å²) in [5, 5.41) is 10.4. The number of methoxy groups -OCH3 is 1. The predicted octanol–water partition coefficient (Wildman–Crippen LogP) is 3.40. The highest BCUT2D eigenvalue weighted by atomic mass is 16.8. The van der Waals surface area contributed by atoms with Crippen molar-refractivity contribution in [3.8, 4) is 11.5 Å². The van der Waals surface area contributed by atoms with Gasteiger partial charge in [-0.15, -0.1) is 0 Å². The molecule has 0 amide bonds. The average molecular weight is 402 g/mol. The Labute approximate surface area is 169 Å². The van der Waals surface area contributed by atoms with Gasteiger partial charge in [0.05, 0.1) is 13.2 Å². The van der Waals surface area contributed by atoms with Crippen LogP contribution >= 0.6 is 0 Å². The standard InChI is InChI=1S/C22H26O7/c1-13-7-5-9-16(23)20-18(28-22(2,3)29-20)10-6-8-14-11-15(26-4)12-17(24)19(14)21(25)27-13/h5-6,8-9,11-13,18,20,24H,7,10H2,1-4H3/b8-6+,9-5-. The Morgan fingerprint density at radius 1 is 1.10 bits per heavy atom. The van der Waals surface area contributed by atoms with Gasteiger partial charge < -0.3 is 24.1 Å². The number of esters is 1. The minimum atomic E-state index is -0.869. The Hall–Kier alpha value is -2.64. The number of benzene rings is 1. The number of aromatic hydroxyl groups is 1. The van der Waals surface area contributed by atoms with Crippen LogP contribution in [0.4, 0.5) is 0 Å². The van der Waals surface area contributed by atoms with Crippen molar-refractivity contribution < 1.29 is 33.6 Å². The molecular formula is C22H26O7. The van der Waals surface area contributed by atoms with Crippen LogP contribution < -0.4 is 4.74 Å². The number of rotatable bonds is 1. The molecule has 2 aliphatic rings. The maximum absolute atomic E-state index is 12.6. The molecule has 0 saturated carbocycles. The van der Waals surface area contributed by atoms with E-state index in [2.05, 4.69) is 0 Å². The van der Waals surface area contributed by atoms with Crippen LogP contribution in [0.1, 0.15) is 49.5 Å². The molecule has 3 atom stereocenters. The Bertz CT molecular complexity index is 853. The van der Waals surface area contributed by atoms with E-state index >= 15 is 0 Å². The number of hydrogen-bond donors (Lipinski definition) is 1. The van der Waals surface area contributed by atoms with Crippen LogP contribution in [0.3, 0.4) is 0 Å². The van der Waals surface area contributed by atoms with Crippen molar-refractivity contribution >= 4 is 17.8 Å². The maximum atomic E-state index is 12.6. The van der Waals surface area contributed by atoms with Crippen LogP contribution in [-0.2, 0) is 19.0 Å². The molecule has 0 radical (unpaired) electrons. The monoisotopic (exact) mass is 402 g/mol. The van der Waals surface area contributed by atoms with E-state index in [1.165, 1.54) is 19.3 Å². The van der Waals surface area contributed by atoms with E-state index in [-0.39, 0.29) is 17.1 Å². The molecule has 0 aliphatic carbocycles. The molecule has 7 nitrogen and oxygen atoms in total. The number of hydrogen-bond acceptors (Lipinski definition) is 7.